The molecule has 3 aromatic carbocycles. The summed E-state index contributed by atoms with van der Waals surface area (Å²) in [6, 6.07) is 24.1. The number of hydrogen-bond acceptors (Lipinski definition) is 3. The molecule has 2 amide bonds. The van der Waals surface area contributed by atoms with E-state index in [1.165, 1.54) is 0 Å². The summed E-state index contributed by atoms with van der Waals surface area (Å²) in [6.45, 7) is 2.51. The van der Waals surface area contributed by atoms with Gasteiger partial charge < -0.3 is 14.5 Å². The van der Waals surface area contributed by atoms with E-state index < -0.39 is 6.04 Å². The molecule has 6 heteroatoms. The minimum atomic E-state index is -0.570. The van der Waals surface area contributed by atoms with Crippen LogP contribution in [-0.4, -0.2) is 42.5 Å². The minimum absolute atomic E-state index is 0.102. The standard InChI is InChI=1S/C25H23ClN2O3/c1-18-25(30)28(23-10-6-5-9-22(23)19-7-3-2-4-8-19)16-15-27(18)24(29)17-31-21-13-11-20(26)12-14-21/h2-14,18H,15-17H2,1H3. The molecule has 4 rings (SSSR count). The lowest BCUT2D eigenvalue weighted by molar-refractivity contribution is -0.142. The molecule has 1 fully saturated rings. The molecule has 1 atom stereocenters. The molecule has 1 aliphatic rings. The lowest BCUT2D eigenvalue weighted by Gasteiger charge is -2.39. The number of anilines is 1. The molecule has 158 valence electrons. The Balaban J connectivity index is 1.47. The molecule has 0 radical (unpaired) electrons. The van der Waals surface area contributed by atoms with Crippen molar-refractivity contribution in [3.8, 4) is 16.9 Å². The summed E-state index contributed by atoms with van der Waals surface area (Å²) in [5, 5.41) is 0.602. The van der Waals surface area contributed by atoms with E-state index in [9.17, 15) is 9.59 Å². The van der Waals surface area contributed by atoms with Crippen molar-refractivity contribution in [3.63, 3.8) is 0 Å². The first-order valence-electron chi connectivity index (χ1n) is 10.2. The highest BCUT2D eigenvalue weighted by molar-refractivity contribution is 6.30. The second-order valence-electron chi connectivity index (χ2n) is 7.38. The molecule has 31 heavy (non-hydrogen) atoms. The summed E-state index contributed by atoms with van der Waals surface area (Å²) in [7, 11) is 0. The van der Waals surface area contributed by atoms with Crippen LogP contribution in [0.4, 0.5) is 5.69 Å². The van der Waals surface area contributed by atoms with Gasteiger partial charge in [-0.05, 0) is 42.8 Å². The van der Waals surface area contributed by atoms with Gasteiger partial charge in [-0.2, -0.15) is 0 Å². The maximum Gasteiger partial charge on any atom is 0.261 e. The largest absolute Gasteiger partial charge is 0.484 e. The topological polar surface area (TPSA) is 49.9 Å². The molecule has 0 aromatic heterocycles. The third-order valence-electron chi connectivity index (χ3n) is 5.43. The van der Waals surface area contributed by atoms with Gasteiger partial charge in [0.25, 0.3) is 5.91 Å². The zero-order valence-corrected chi connectivity index (χ0v) is 18.0. The molecule has 1 aliphatic heterocycles. The van der Waals surface area contributed by atoms with E-state index in [0.717, 1.165) is 16.8 Å². The Labute approximate surface area is 186 Å². The molecule has 1 unspecified atom stereocenters. The van der Waals surface area contributed by atoms with Gasteiger partial charge in [0.15, 0.2) is 6.61 Å². The van der Waals surface area contributed by atoms with Crippen LogP contribution in [0.3, 0.4) is 0 Å². The van der Waals surface area contributed by atoms with Crippen LogP contribution in [0.25, 0.3) is 11.1 Å². The molecule has 1 saturated heterocycles. The van der Waals surface area contributed by atoms with Crippen LogP contribution in [0, 0.1) is 0 Å². The second kappa shape index (κ2) is 9.23. The summed E-state index contributed by atoms with van der Waals surface area (Å²) in [5.41, 5.74) is 2.90. The van der Waals surface area contributed by atoms with Gasteiger partial charge in [0.1, 0.15) is 11.8 Å². The van der Waals surface area contributed by atoms with E-state index >= 15 is 0 Å². The van der Waals surface area contributed by atoms with Crippen molar-refractivity contribution in [1.29, 1.82) is 0 Å². The average molecular weight is 435 g/mol. The third-order valence-corrected chi connectivity index (χ3v) is 5.68. The number of halogens is 1. The van der Waals surface area contributed by atoms with Gasteiger partial charge in [0.2, 0.25) is 5.91 Å². The molecule has 0 saturated carbocycles. The number of ether oxygens (including phenoxy) is 1. The lowest BCUT2D eigenvalue weighted by Crippen LogP contribution is -2.58. The van der Waals surface area contributed by atoms with Crippen molar-refractivity contribution in [1.82, 2.24) is 4.90 Å². The maximum atomic E-state index is 13.2. The molecular formula is C25H23ClN2O3. The van der Waals surface area contributed by atoms with E-state index in [2.05, 4.69) is 0 Å². The van der Waals surface area contributed by atoms with E-state index in [1.54, 1.807) is 41.0 Å². The highest BCUT2D eigenvalue weighted by Gasteiger charge is 2.35. The van der Waals surface area contributed by atoms with Gasteiger partial charge in [0, 0.05) is 23.7 Å². The number of piperazine rings is 1. The molecule has 5 nitrogen and oxygen atoms in total. The maximum absolute atomic E-state index is 13.2. The summed E-state index contributed by atoms with van der Waals surface area (Å²) in [6.07, 6.45) is 0. The zero-order valence-electron chi connectivity index (χ0n) is 17.2. The molecule has 0 aliphatic carbocycles. The normalized spacial score (nSPS) is 16.3. The minimum Gasteiger partial charge on any atom is -0.484 e. The highest BCUT2D eigenvalue weighted by atomic mass is 35.5. The lowest BCUT2D eigenvalue weighted by atomic mass is 10.0. The SMILES string of the molecule is CC1C(=O)N(c2ccccc2-c2ccccc2)CCN1C(=O)COc1ccc(Cl)cc1. The fourth-order valence-corrected chi connectivity index (χ4v) is 3.91. The van der Waals surface area contributed by atoms with Crippen LogP contribution in [0.2, 0.25) is 5.02 Å². The van der Waals surface area contributed by atoms with Crippen molar-refractivity contribution in [3.05, 3.63) is 83.9 Å². The van der Waals surface area contributed by atoms with Crippen molar-refractivity contribution >= 4 is 29.1 Å². The van der Waals surface area contributed by atoms with Gasteiger partial charge in [-0.3, -0.25) is 9.59 Å². The number of para-hydroxylation sites is 1. The fourth-order valence-electron chi connectivity index (χ4n) is 3.78. The smallest absolute Gasteiger partial charge is 0.261 e. The second-order valence-corrected chi connectivity index (χ2v) is 7.82. The van der Waals surface area contributed by atoms with Crippen LogP contribution in [0.5, 0.6) is 5.75 Å². The summed E-state index contributed by atoms with van der Waals surface area (Å²) >= 11 is 5.87. The Hall–Kier alpha value is -3.31. The third kappa shape index (κ3) is 4.57. The van der Waals surface area contributed by atoms with Gasteiger partial charge in [-0.1, -0.05) is 60.1 Å². The number of amides is 2. The first-order valence-corrected chi connectivity index (χ1v) is 10.6. The zero-order chi connectivity index (χ0) is 21.8. The average Bonchev–Trinajstić information content (AvgIpc) is 2.81. The fraction of sp³-hybridized carbons (Fsp3) is 0.200. The number of nitrogens with zero attached hydrogens (tertiary/aromatic N) is 2. The van der Waals surface area contributed by atoms with Gasteiger partial charge >= 0.3 is 0 Å². The van der Waals surface area contributed by atoms with E-state index in [1.807, 2.05) is 54.6 Å². The molecular weight excluding hydrogens is 412 g/mol. The number of carbonyl (C=O) groups excluding carboxylic acids is 2. The molecule has 0 spiro atoms. The van der Waals surface area contributed by atoms with Crippen molar-refractivity contribution in [2.45, 2.75) is 13.0 Å². The quantitative estimate of drug-likeness (QED) is 0.587. The van der Waals surface area contributed by atoms with Gasteiger partial charge in [-0.25, -0.2) is 0 Å². The summed E-state index contributed by atoms with van der Waals surface area (Å²) < 4.78 is 5.57. The van der Waals surface area contributed by atoms with Crippen LogP contribution in [0.15, 0.2) is 78.9 Å². The Morgan fingerprint density at radius 2 is 1.65 bits per heavy atom. The predicted octanol–water partition coefficient (Wildman–Crippen LogP) is 4.65. The first-order chi connectivity index (χ1) is 15.0. The Morgan fingerprint density at radius 3 is 2.39 bits per heavy atom. The molecule has 0 bridgehead atoms. The van der Waals surface area contributed by atoms with Crippen molar-refractivity contribution in [2.24, 2.45) is 0 Å². The van der Waals surface area contributed by atoms with Crippen molar-refractivity contribution < 1.29 is 14.3 Å². The van der Waals surface area contributed by atoms with E-state index in [4.69, 9.17) is 16.3 Å². The van der Waals surface area contributed by atoms with Gasteiger partial charge in [0.05, 0.1) is 5.69 Å². The van der Waals surface area contributed by atoms with E-state index in [-0.39, 0.29) is 18.4 Å². The predicted molar refractivity (Wildman–Crippen MR) is 122 cm³/mol. The molecule has 3 aromatic rings. The number of hydrogen-bond donors (Lipinski definition) is 0. The van der Waals surface area contributed by atoms with Crippen LogP contribution in [-0.2, 0) is 9.59 Å². The Morgan fingerprint density at radius 1 is 0.968 bits per heavy atom. The first kappa shape index (κ1) is 20.9. The van der Waals surface area contributed by atoms with Crippen LogP contribution < -0.4 is 9.64 Å². The van der Waals surface area contributed by atoms with Crippen molar-refractivity contribution in [2.75, 3.05) is 24.6 Å². The number of carbonyl (C=O) groups is 2. The highest BCUT2D eigenvalue weighted by Crippen LogP contribution is 2.32. The molecule has 0 N–H and O–H groups in total. The Bertz CT molecular complexity index is 1070. The number of benzene rings is 3. The molecule has 1 heterocycles. The Kier molecular flexibility index (Phi) is 6.23. The summed E-state index contributed by atoms with van der Waals surface area (Å²) in [5.74, 6) is 0.244. The monoisotopic (exact) mass is 434 g/mol. The van der Waals surface area contributed by atoms with Crippen LogP contribution in [0.1, 0.15) is 6.92 Å². The summed E-state index contributed by atoms with van der Waals surface area (Å²) in [4.78, 5) is 29.3. The van der Waals surface area contributed by atoms with E-state index in [0.29, 0.717) is 23.9 Å². The van der Waals surface area contributed by atoms with Crippen LogP contribution >= 0.6 is 11.6 Å². The van der Waals surface area contributed by atoms with Gasteiger partial charge in [-0.15, -0.1) is 0 Å². The number of rotatable bonds is 5.